The second-order valence-electron chi connectivity index (χ2n) is 5.71. The molecule has 0 saturated carbocycles. The van der Waals surface area contributed by atoms with Gasteiger partial charge in [0, 0.05) is 18.8 Å². The Morgan fingerprint density at radius 2 is 1.84 bits per heavy atom. The van der Waals surface area contributed by atoms with E-state index < -0.39 is 5.82 Å². The summed E-state index contributed by atoms with van der Waals surface area (Å²) in [6.45, 7) is 1.44. The molecule has 0 atom stereocenters. The van der Waals surface area contributed by atoms with Gasteiger partial charge >= 0.3 is 0 Å². The highest BCUT2D eigenvalue weighted by atomic mass is 35.5. The lowest BCUT2D eigenvalue weighted by Gasteiger charge is -2.31. The van der Waals surface area contributed by atoms with E-state index in [0.29, 0.717) is 23.1 Å². The van der Waals surface area contributed by atoms with Crippen molar-refractivity contribution in [3.8, 4) is 11.5 Å². The van der Waals surface area contributed by atoms with Crippen LogP contribution >= 0.6 is 23.8 Å². The van der Waals surface area contributed by atoms with Gasteiger partial charge in [-0.1, -0.05) is 11.6 Å². The molecule has 2 aromatic rings. The molecule has 7 heteroatoms. The molecule has 25 heavy (non-hydrogen) atoms. The highest BCUT2D eigenvalue weighted by molar-refractivity contribution is 7.80. The molecule has 132 valence electrons. The average molecular weight is 381 g/mol. The number of anilines is 1. The molecule has 0 aliphatic carbocycles. The summed E-state index contributed by atoms with van der Waals surface area (Å²) in [5, 5.41) is 3.75. The second kappa shape index (κ2) is 7.45. The summed E-state index contributed by atoms with van der Waals surface area (Å²) in [6, 6.07) is 8.45. The fourth-order valence-electron chi connectivity index (χ4n) is 2.83. The van der Waals surface area contributed by atoms with Crippen molar-refractivity contribution in [2.75, 3.05) is 26.1 Å². The molecule has 1 heterocycles. The molecule has 1 aliphatic heterocycles. The molecule has 3 rings (SSSR count). The first kappa shape index (κ1) is 17.8. The Labute approximate surface area is 156 Å². The van der Waals surface area contributed by atoms with Crippen molar-refractivity contribution in [3.05, 3.63) is 52.3 Å². The van der Waals surface area contributed by atoms with Crippen molar-refractivity contribution in [2.24, 2.45) is 0 Å². The van der Waals surface area contributed by atoms with Crippen LogP contribution < -0.4 is 14.8 Å². The predicted octanol–water partition coefficient (Wildman–Crippen LogP) is 4.25. The SMILES string of the molecule is COc1cc2c(cc1OC)CN(C(=S)Nc1ccc(F)c(Cl)c1)CC2. The molecule has 0 spiro atoms. The fourth-order valence-corrected chi connectivity index (χ4v) is 3.29. The number of ether oxygens (including phenoxy) is 2. The van der Waals surface area contributed by atoms with Crippen LogP contribution in [0.5, 0.6) is 11.5 Å². The zero-order valence-electron chi connectivity index (χ0n) is 13.9. The maximum Gasteiger partial charge on any atom is 0.173 e. The molecule has 4 nitrogen and oxygen atoms in total. The summed E-state index contributed by atoms with van der Waals surface area (Å²) in [6.07, 6.45) is 0.849. The van der Waals surface area contributed by atoms with Gasteiger partial charge in [-0.05, 0) is 60.1 Å². The first-order valence-corrected chi connectivity index (χ1v) is 8.55. The van der Waals surface area contributed by atoms with E-state index in [9.17, 15) is 4.39 Å². The number of halogens is 2. The molecule has 1 N–H and O–H groups in total. The van der Waals surface area contributed by atoms with Gasteiger partial charge in [0.2, 0.25) is 0 Å². The highest BCUT2D eigenvalue weighted by Crippen LogP contribution is 2.33. The molecule has 2 aromatic carbocycles. The van der Waals surface area contributed by atoms with E-state index >= 15 is 0 Å². The van der Waals surface area contributed by atoms with Gasteiger partial charge in [-0.3, -0.25) is 0 Å². The lowest BCUT2D eigenvalue weighted by atomic mass is 9.99. The lowest BCUT2D eigenvalue weighted by Crippen LogP contribution is -2.38. The summed E-state index contributed by atoms with van der Waals surface area (Å²) in [4.78, 5) is 2.06. The molecule has 0 bridgehead atoms. The number of nitrogens with zero attached hydrogens (tertiary/aromatic N) is 1. The van der Waals surface area contributed by atoms with Crippen LogP contribution in [0.25, 0.3) is 0 Å². The van der Waals surface area contributed by atoms with Crippen LogP contribution in [0, 0.1) is 5.82 Å². The van der Waals surface area contributed by atoms with Gasteiger partial charge in [0.15, 0.2) is 16.6 Å². The Bertz CT molecular complexity index is 816. The fraction of sp³-hybridized carbons (Fsp3) is 0.278. The van der Waals surface area contributed by atoms with Crippen LogP contribution in [0.3, 0.4) is 0 Å². The van der Waals surface area contributed by atoms with Crippen LogP contribution in [0.1, 0.15) is 11.1 Å². The molecular formula is C18H18ClFN2O2S. The molecule has 0 radical (unpaired) electrons. The first-order chi connectivity index (χ1) is 12.0. The normalized spacial score (nSPS) is 13.2. The third-order valence-corrected chi connectivity index (χ3v) is 4.83. The van der Waals surface area contributed by atoms with Gasteiger partial charge in [-0.25, -0.2) is 4.39 Å². The summed E-state index contributed by atoms with van der Waals surface area (Å²) in [5.74, 6) is 0.981. The number of fused-ring (bicyclic) bond motifs is 1. The molecule has 0 amide bonds. The third-order valence-electron chi connectivity index (χ3n) is 4.18. The van der Waals surface area contributed by atoms with Crippen LogP contribution in [0.4, 0.5) is 10.1 Å². The van der Waals surface area contributed by atoms with E-state index in [1.165, 1.54) is 17.7 Å². The Morgan fingerprint density at radius 3 is 2.48 bits per heavy atom. The van der Waals surface area contributed by atoms with E-state index in [0.717, 1.165) is 24.3 Å². The predicted molar refractivity (Wildman–Crippen MR) is 101 cm³/mol. The van der Waals surface area contributed by atoms with Gasteiger partial charge in [-0.15, -0.1) is 0 Å². The van der Waals surface area contributed by atoms with Gasteiger partial charge in [0.05, 0.1) is 19.2 Å². The number of hydrogen-bond acceptors (Lipinski definition) is 3. The summed E-state index contributed by atoms with van der Waals surface area (Å²) in [5.41, 5.74) is 3.03. The van der Waals surface area contributed by atoms with Crippen molar-refractivity contribution in [3.63, 3.8) is 0 Å². The maximum absolute atomic E-state index is 13.3. The summed E-state index contributed by atoms with van der Waals surface area (Å²) < 4.78 is 24.0. The van der Waals surface area contributed by atoms with Crippen molar-refractivity contribution < 1.29 is 13.9 Å². The molecule has 0 aromatic heterocycles. The zero-order chi connectivity index (χ0) is 18.0. The number of rotatable bonds is 3. The standard InChI is InChI=1S/C18H18ClFN2O2S/c1-23-16-7-11-5-6-22(10-12(11)8-17(16)24-2)18(25)21-13-3-4-15(20)14(19)9-13/h3-4,7-9H,5-6,10H2,1-2H3,(H,21,25). The quantitative estimate of drug-likeness (QED) is 0.805. The highest BCUT2D eigenvalue weighted by Gasteiger charge is 2.21. The molecule has 0 fully saturated rings. The molecule has 0 unspecified atom stereocenters. The van der Waals surface area contributed by atoms with Gasteiger partial charge in [0.1, 0.15) is 5.82 Å². The minimum absolute atomic E-state index is 0.0635. The van der Waals surface area contributed by atoms with Gasteiger partial charge < -0.3 is 19.7 Å². The van der Waals surface area contributed by atoms with E-state index in [1.54, 1.807) is 20.3 Å². The van der Waals surface area contributed by atoms with E-state index in [2.05, 4.69) is 10.2 Å². The van der Waals surface area contributed by atoms with Crippen molar-refractivity contribution >= 4 is 34.6 Å². The monoisotopic (exact) mass is 380 g/mol. The molecule has 0 saturated heterocycles. The zero-order valence-corrected chi connectivity index (χ0v) is 15.5. The average Bonchev–Trinajstić information content (AvgIpc) is 2.63. The lowest BCUT2D eigenvalue weighted by molar-refractivity contribution is 0.348. The smallest absolute Gasteiger partial charge is 0.173 e. The van der Waals surface area contributed by atoms with E-state index in [-0.39, 0.29) is 5.02 Å². The number of thiocarbonyl (C=S) groups is 1. The Balaban J connectivity index is 1.75. The maximum atomic E-state index is 13.3. The molecular weight excluding hydrogens is 363 g/mol. The van der Waals surface area contributed by atoms with Gasteiger partial charge in [0.25, 0.3) is 0 Å². The molecule has 1 aliphatic rings. The van der Waals surface area contributed by atoms with Crippen LogP contribution in [-0.2, 0) is 13.0 Å². The van der Waals surface area contributed by atoms with E-state index in [1.807, 2.05) is 12.1 Å². The summed E-state index contributed by atoms with van der Waals surface area (Å²) in [7, 11) is 3.25. The van der Waals surface area contributed by atoms with Crippen LogP contribution in [0.2, 0.25) is 5.02 Å². The topological polar surface area (TPSA) is 33.7 Å². The number of methoxy groups -OCH3 is 2. The number of hydrogen-bond donors (Lipinski definition) is 1. The van der Waals surface area contributed by atoms with Crippen molar-refractivity contribution in [2.45, 2.75) is 13.0 Å². The van der Waals surface area contributed by atoms with Crippen LogP contribution in [-0.4, -0.2) is 30.8 Å². The van der Waals surface area contributed by atoms with Crippen LogP contribution in [0.15, 0.2) is 30.3 Å². The van der Waals surface area contributed by atoms with E-state index in [4.69, 9.17) is 33.3 Å². The Hall–Kier alpha value is -2.05. The second-order valence-corrected chi connectivity index (χ2v) is 6.50. The Kier molecular flexibility index (Phi) is 5.30. The number of benzene rings is 2. The minimum atomic E-state index is -0.453. The number of nitrogens with one attached hydrogen (secondary N) is 1. The largest absolute Gasteiger partial charge is 0.493 e. The van der Waals surface area contributed by atoms with Crippen molar-refractivity contribution in [1.82, 2.24) is 4.90 Å². The minimum Gasteiger partial charge on any atom is -0.493 e. The summed E-state index contributed by atoms with van der Waals surface area (Å²) >= 11 is 11.3. The third kappa shape index (κ3) is 3.80. The Morgan fingerprint density at radius 1 is 1.16 bits per heavy atom. The van der Waals surface area contributed by atoms with Gasteiger partial charge in [-0.2, -0.15) is 0 Å². The van der Waals surface area contributed by atoms with Crippen molar-refractivity contribution in [1.29, 1.82) is 0 Å². The first-order valence-electron chi connectivity index (χ1n) is 7.76.